The van der Waals surface area contributed by atoms with Crippen LogP contribution in [0, 0.1) is 25.5 Å². The number of nitrogens with zero attached hydrogens (tertiary/aromatic N) is 5. The summed E-state index contributed by atoms with van der Waals surface area (Å²) in [6, 6.07) is 8.11. The zero-order valence-electron chi connectivity index (χ0n) is 21.6. The van der Waals surface area contributed by atoms with E-state index in [9.17, 15) is 26.7 Å². The monoisotopic (exact) mass is 557 g/mol. The third kappa shape index (κ3) is 5.56. The molecule has 7 nitrogen and oxygen atoms in total. The minimum atomic E-state index is -4.52. The van der Waals surface area contributed by atoms with Gasteiger partial charge in [-0.2, -0.15) is 13.2 Å². The molecule has 0 bridgehead atoms. The minimum absolute atomic E-state index is 0.0761. The van der Waals surface area contributed by atoms with Gasteiger partial charge in [-0.15, -0.1) is 10.2 Å². The second-order valence-corrected chi connectivity index (χ2v) is 9.64. The van der Waals surface area contributed by atoms with Gasteiger partial charge in [0.2, 0.25) is 11.8 Å². The van der Waals surface area contributed by atoms with Crippen LogP contribution in [0.4, 0.5) is 22.0 Å². The predicted molar refractivity (Wildman–Crippen MR) is 134 cm³/mol. The lowest BCUT2D eigenvalue weighted by molar-refractivity contribution is -0.137. The number of carbonyl (C=O) groups is 1. The van der Waals surface area contributed by atoms with Gasteiger partial charge in [-0.3, -0.25) is 4.79 Å². The molecule has 0 atom stereocenters. The van der Waals surface area contributed by atoms with Gasteiger partial charge in [-0.25, -0.2) is 18.7 Å². The summed E-state index contributed by atoms with van der Waals surface area (Å²) in [5, 5.41) is 8.07. The zero-order chi connectivity index (χ0) is 28.6. The van der Waals surface area contributed by atoms with Crippen LogP contribution < -0.4 is 0 Å². The van der Waals surface area contributed by atoms with E-state index in [-0.39, 0.29) is 41.2 Å². The van der Waals surface area contributed by atoms with E-state index in [1.165, 1.54) is 18.2 Å². The number of hydrogen-bond donors (Lipinski definition) is 0. The number of aromatic nitrogens is 4. The first-order valence-corrected chi connectivity index (χ1v) is 12.6. The molecule has 0 radical (unpaired) electrons. The third-order valence-electron chi connectivity index (χ3n) is 6.93. The molecule has 5 rings (SSSR count). The van der Waals surface area contributed by atoms with Crippen LogP contribution >= 0.6 is 0 Å². The molecule has 1 fully saturated rings. The Balaban J connectivity index is 1.37. The first-order chi connectivity index (χ1) is 19.0. The number of halogens is 5. The third-order valence-corrected chi connectivity index (χ3v) is 6.93. The fourth-order valence-corrected chi connectivity index (χ4v) is 4.93. The number of likely N-dealkylation sites (tertiary alicyclic amines) is 1. The maximum absolute atomic E-state index is 14.0. The number of aryl methyl sites for hydroxylation is 2. The Morgan fingerprint density at radius 2 is 1.62 bits per heavy atom. The Morgan fingerprint density at radius 1 is 0.975 bits per heavy atom. The van der Waals surface area contributed by atoms with Gasteiger partial charge in [-0.05, 0) is 57.0 Å². The SMILES string of the molecule is Cc1nc(C)c(-c2nnc(-c3cccc(C(F)(F)F)c3)o2)c(C2CCN(C(=O)Cc3c(F)cccc3F)CC2)n1. The quantitative estimate of drug-likeness (QED) is 0.278. The van der Waals surface area contributed by atoms with Gasteiger partial charge in [-0.1, -0.05) is 12.1 Å². The van der Waals surface area contributed by atoms with Crippen molar-refractivity contribution in [3.05, 3.63) is 82.4 Å². The van der Waals surface area contributed by atoms with Crippen LogP contribution in [-0.2, 0) is 17.4 Å². The maximum Gasteiger partial charge on any atom is 0.416 e. The largest absolute Gasteiger partial charge is 0.416 e. The molecule has 0 unspecified atom stereocenters. The standard InChI is InChI=1S/C28H24F5N5O2/c1-15-24(27-37-36-26(40-27)18-5-3-6-19(13-18)28(31,32)33)25(35-16(2)34-15)17-9-11-38(12-10-17)23(39)14-20-21(29)7-4-8-22(20)30/h3-8,13,17H,9-12,14H2,1-2H3. The van der Waals surface area contributed by atoms with Gasteiger partial charge in [0.1, 0.15) is 17.5 Å². The molecule has 0 spiro atoms. The van der Waals surface area contributed by atoms with E-state index in [0.29, 0.717) is 48.7 Å². The molecule has 0 N–H and O–H groups in total. The number of benzene rings is 2. The number of alkyl halides is 3. The minimum Gasteiger partial charge on any atom is -0.416 e. The highest BCUT2D eigenvalue weighted by Gasteiger charge is 2.32. The summed E-state index contributed by atoms with van der Waals surface area (Å²) in [7, 11) is 0. The summed E-state index contributed by atoms with van der Waals surface area (Å²) < 4.78 is 73.4. The van der Waals surface area contributed by atoms with Crippen LogP contribution in [0.5, 0.6) is 0 Å². The molecule has 0 saturated carbocycles. The lowest BCUT2D eigenvalue weighted by atomic mass is 9.89. The lowest BCUT2D eigenvalue weighted by Crippen LogP contribution is -2.39. The first kappa shape index (κ1) is 27.4. The van der Waals surface area contributed by atoms with E-state index in [1.807, 2.05) is 0 Å². The highest BCUT2D eigenvalue weighted by Crippen LogP contribution is 2.37. The average Bonchev–Trinajstić information content (AvgIpc) is 3.40. The molecule has 12 heteroatoms. The van der Waals surface area contributed by atoms with Crippen molar-refractivity contribution in [2.24, 2.45) is 0 Å². The van der Waals surface area contributed by atoms with Crippen molar-refractivity contribution in [1.82, 2.24) is 25.1 Å². The fraction of sp³-hybridized carbons (Fsp3) is 0.321. The molecule has 2 aromatic carbocycles. The molecule has 2 aromatic heterocycles. The van der Waals surface area contributed by atoms with E-state index in [0.717, 1.165) is 24.3 Å². The van der Waals surface area contributed by atoms with E-state index in [2.05, 4.69) is 20.2 Å². The number of piperidine rings is 1. The smallest absolute Gasteiger partial charge is 0.416 e. The number of carbonyl (C=O) groups excluding carboxylic acids is 1. The van der Waals surface area contributed by atoms with E-state index in [1.54, 1.807) is 18.7 Å². The number of amides is 1. The molecule has 1 amide bonds. The highest BCUT2D eigenvalue weighted by molar-refractivity contribution is 5.79. The molecule has 40 heavy (non-hydrogen) atoms. The van der Waals surface area contributed by atoms with Gasteiger partial charge in [0.15, 0.2) is 0 Å². The zero-order valence-corrected chi connectivity index (χ0v) is 21.6. The van der Waals surface area contributed by atoms with Crippen molar-refractivity contribution in [1.29, 1.82) is 0 Å². The van der Waals surface area contributed by atoms with Crippen LogP contribution in [0.3, 0.4) is 0 Å². The molecule has 1 saturated heterocycles. The second kappa shape index (κ2) is 10.7. The number of rotatable bonds is 5. The van der Waals surface area contributed by atoms with Crippen molar-refractivity contribution in [3.8, 4) is 22.9 Å². The van der Waals surface area contributed by atoms with Crippen molar-refractivity contribution >= 4 is 5.91 Å². The van der Waals surface area contributed by atoms with E-state index < -0.39 is 23.4 Å². The summed E-state index contributed by atoms with van der Waals surface area (Å²) in [6.45, 7) is 4.19. The Bertz CT molecular complexity index is 1540. The summed E-state index contributed by atoms with van der Waals surface area (Å²) in [5.74, 6) is -1.50. The fourth-order valence-electron chi connectivity index (χ4n) is 4.93. The summed E-state index contributed by atoms with van der Waals surface area (Å²) in [6.07, 6.45) is -3.86. The Morgan fingerprint density at radius 3 is 2.30 bits per heavy atom. The van der Waals surface area contributed by atoms with Gasteiger partial charge in [0.05, 0.1) is 28.9 Å². The summed E-state index contributed by atoms with van der Waals surface area (Å²) in [4.78, 5) is 23.4. The number of hydrogen-bond acceptors (Lipinski definition) is 6. The van der Waals surface area contributed by atoms with Crippen LogP contribution in [-0.4, -0.2) is 44.1 Å². The van der Waals surface area contributed by atoms with Gasteiger partial charge in [0, 0.05) is 30.1 Å². The molecular formula is C28H24F5N5O2. The van der Waals surface area contributed by atoms with Crippen LogP contribution in [0.1, 0.15) is 47.1 Å². The predicted octanol–water partition coefficient (Wildman–Crippen LogP) is 6.06. The topological polar surface area (TPSA) is 85.0 Å². The average molecular weight is 558 g/mol. The van der Waals surface area contributed by atoms with Gasteiger partial charge >= 0.3 is 6.18 Å². The molecular weight excluding hydrogens is 533 g/mol. The highest BCUT2D eigenvalue weighted by atomic mass is 19.4. The van der Waals surface area contributed by atoms with Crippen LogP contribution in [0.25, 0.3) is 22.9 Å². The van der Waals surface area contributed by atoms with Gasteiger partial charge in [0.25, 0.3) is 5.89 Å². The maximum atomic E-state index is 14.0. The van der Waals surface area contributed by atoms with E-state index >= 15 is 0 Å². The van der Waals surface area contributed by atoms with Crippen molar-refractivity contribution in [2.75, 3.05) is 13.1 Å². The van der Waals surface area contributed by atoms with E-state index in [4.69, 9.17) is 4.42 Å². The molecule has 0 aliphatic carbocycles. The van der Waals surface area contributed by atoms with Crippen molar-refractivity contribution < 1.29 is 31.2 Å². The molecule has 4 aromatic rings. The van der Waals surface area contributed by atoms with Gasteiger partial charge < -0.3 is 9.32 Å². The van der Waals surface area contributed by atoms with Crippen molar-refractivity contribution in [2.45, 2.75) is 45.2 Å². The molecule has 3 heterocycles. The normalized spacial score (nSPS) is 14.5. The lowest BCUT2D eigenvalue weighted by Gasteiger charge is -2.32. The second-order valence-electron chi connectivity index (χ2n) is 9.64. The van der Waals surface area contributed by atoms with Crippen molar-refractivity contribution in [3.63, 3.8) is 0 Å². The van der Waals surface area contributed by atoms with Crippen LogP contribution in [0.15, 0.2) is 46.9 Å². The van der Waals surface area contributed by atoms with Crippen LogP contribution in [0.2, 0.25) is 0 Å². The Hall–Kier alpha value is -4.22. The first-order valence-electron chi connectivity index (χ1n) is 12.6. The molecule has 1 aliphatic heterocycles. The molecule has 1 aliphatic rings. The summed E-state index contributed by atoms with van der Waals surface area (Å²) >= 11 is 0. The Kier molecular flexibility index (Phi) is 7.35. The summed E-state index contributed by atoms with van der Waals surface area (Å²) in [5.41, 5.74) is 0.728. The Labute approximate surface area is 226 Å². The molecule has 208 valence electrons.